The first-order valence-electron chi connectivity index (χ1n) is 15.9. The van der Waals surface area contributed by atoms with E-state index < -0.39 is 57.7 Å². The molecule has 2 aromatic carbocycles. The Labute approximate surface area is 258 Å². The van der Waals surface area contributed by atoms with Crippen molar-refractivity contribution in [1.29, 1.82) is 0 Å². The van der Waals surface area contributed by atoms with Gasteiger partial charge in [-0.3, -0.25) is 0 Å². The molecule has 2 aliphatic carbocycles. The Hall–Kier alpha value is -2.58. The number of ether oxygens (including phenoxy) is 3. The lowest BCUT2D eigenvalue weighted by molar-refractivity contribution is -0.242. The molecule has 0 N–H and O–H groups in total. The van der Waals surface area contributed by atoms with Gasteiger partial charge >= 0.3 is 12.3 Å². The maximum absolute atomic E-state index is 15.4. The Morgan fingerprint density at radius 3 is 2.22 bits per heavy atom. The van der Waals surface area contributed by atoms with Crippen LogP contribution in [0.3, 0.4) is 0 Å². The summed E-state index contributed by atoms with van der Waals surface area (Å²) in [5.74, 6) is -3.27. The van der Waals surface area contributed by atoms with Gasteiger partial charge in [-0.05, 0) is 74.3 Å². The van der Waals surface area contributed by atoms with Gasteiger partial charge in [0.2, 0.25) is 0 Å². The van der Waals surface area contributed by atoms with Crippen molar-refractivity contribution >= 4 is 10.8 Å². The highest BCUT2D eigenvalue weighted by atomic mass is 19.4. The first-order chi connectivity index (χ1) is 21.3. The zero-order valence-corrected chi connectivity index (χ0v) is 25.1. The molecule has 4 unspecified atom stereocenters. The molecular weight excluding hydrogens is 608 g/mol. The van der Waals surface area contributed by atoms with Gasteiger partial charge < -0.3 is 14.2 Å². The Balaban J connectivity index is 1.18. The molecular formula is C34H38F8O3. The average molecular weight is 647 g/mol. The van der Waals surface area contributed by atoms with Crippen LogP contribution in [0.2, 0.25) is 0 Å². The highest BCUT2D eigenvalue weighted by Gasteiger charge is 2.49. The molecule has 1 aliphatic heterocycles. The number of fused-ring (bicyclic) bond motifs is 2. The predicted molar refractivity (Wildman–Crippen MR) is 152 cm³/mol. The van der Waals surface area contributed by atoms with E-state index in [0.29, 0.717) is 37.7 Å². The molecule has 4 atom stereocenters. The first-order valence-corrected chi connectivity index (χ1v) is 15.9. The summed E-state index contributed by atoms with van der Waals surface area (Å²) < 4.78 is 129. The van der Waals surface area contributed by atoms with Crippen molar-refractivity contribution in [3.05, 3.63) is 41.2 Å². The maximum Gasteiger partial charge on any atom is 0.458 e. The number of halogens is 8. The van der Waals surface area contributed by atoms with E-state index in [0.717, 1.165) is 37.7 Å². The first kappa shape index (κ1) is 33.8. The quantitative estimate of drug-likeness (QED) is 0.154. The molecule has 0 aromatic heterocycles. The molecule has 3 aliphatic rings. The van der Waals surface area contributed by atoms with Crippen molar-refractivity contribution in [1.82, 2.24) is 0 Å². The van der Waals surface area contributed by atoms with Crippen LogP contribution in [0.25, 0.3) is 10.8 Å². The maximum atomic E-state index is 15.4. The lowest BCUT2D eigenvalue weighted by Crippen LogP contribution is -2.44. The van der Waals surface area contributed by atoms with Crippen molar-refractivity contribution < 1.29 is 49.3 Å². The third-order valence-corrected chi connectivity index (χ3v) is 9.61. The molecule has 1 saturated heterocycles. The van der Waals surface area contributed by atoms with Crippen molar-refractivity contribution in [2.45, 2.75) is 96.1 Å². The molecule has 3 nitrogen and oxygen atoms in total. The molecule has 0 spiro atoms. The largest absolute Gasteiger partial charge is 0.458 e. The van der Waals surface area contributed by atoms with Crippen LogP contribution < -0.4 is 4.74 Å². The number of rotatable bonds is 9. The molecule has 0 bridgehead atoms. The summed E-state index contributed by atoms with van der Waals surface area (Å²) in [6.07, 6.45) is 0.363. The molecule has 2 aromatic rings. The number of benzene rings is 2. The molecule has 0 amide bonds. The van der Waals surface area contributed by atoms with E-state index in [1.54, 1.807) is 0 Å². The number of hydrogen-bond acceptors (Lipinski definition) is 3. The summed E-state index contributed by atoms with van der Waals surface area (Å²) >= 11 is 0. The normalized spacial score (nSPS) is 27.5. The number of unbranched alkanes of at least 4 members (excludes halogenated alkanes) is 3. The Morgan fingerprint density at radius 2 is 1.51 bits per heavy atom. The van der Waals surface area contributed by atoms with Crippen LogP contribution in [0.5, 0.6) is 5.75 Å². The van der Waals surface area contributed by atoms with Crippen LogP contribution in [0.1, 0.15) is 83.1 Å². The topological polar surface area (TPSA) is 27.7 Å². The van der Waals surface area contributed by atoms with E-state index in [9.17, 15) is 26.3 Å². The standard InChI is InChI=1S/C34H38F8O3/c1-2-3-4-5-6-20-18-43-32(44-19-20)23-8-7-22-14-25(10-9-21(22)13-23)34(41,42)45-26-15-24-16-28(35)27(11-12-33(38,39)40)31(37)30(24)29(36)17-26/h15-17,20-23,25,32H,2-10,13-14,18-19H2,1H3. The summed E-state index contributed by atoms with van der Waals surface area (Å²) in [5.41, 5.74) is -1.27. The molecule has 2 saturated carbocycles. The van der Waals surface area contributed by atoms with Gasteiger partial charge in [0.05, 0.1) is 30.1 Å². The van der Waals surface area contributed by atoms with E-state index in [1.165, 1.54) is 31.6 Å². The van der Waals surface area contributed by atoms with E-state index in [1.807, 2.05) is 0 Å². The zero-order valence-electron chi connectivity index (χ0n) is 25.1. The second-order valence-corrected chi connectivity index (χ2v) is 12.8. The van der Waals surface area contributed by atoms with E-state index in [4.69, 9.17) is 14.2 Å². The summed E-state index contributed by atoms with van der Waals surface area (Å²) in [4.78, 5) is 0. The summed E-state index contributed by atoms with van der Waals surface area (Å²) in [6, 6.07) is 1.91. The Kier molecular flexibility index (Phi) is 10.5. The molecule has 45 heavy (non-hydrogen) atoms. The third kappa shape index (κ3) is 8.23. The second-order valence-electron chi connectivity index (χ2n) is 12.8. The Morgan fingerprint density at radius 1 is 0.822 bits per heavy atom. The van der Waals surface area contributed by atoms with Gasteiger partial charge in [-0.15, -0.1) is 0 Å². The molecule has 11 heteroatoms. The fraction of sp³-hybridized carbons (Fsp3) is 0.647. The zero-order chi connectivity index (χ0) is 32.4. The van der Waals surface area contributed by atoms with Crippen molar-refractivity contribution in [3.8, 4) is 17.6 Å². The van der Waals surface area contributed by atoms with Crippen molar-refractivity contribution in [2.75, 3.05) is 13.2 Å². The van der Waals surface area contributed by atoms with Gasteiger partial charge in [0, 0.05) is 23.8 Å². The highest BCUT2D eigenvalue weighted by molar-refractivity contribution is 5.87. The minimum atomic E-state index is -5.02. The third-order valence-electron chi connectivity index (χ3n) is 9.61. The Bertz CT molecular complexity index is 1390. The molecule has 5 rings (SSSR count). The van der Waals surface area contributed by atoms with Crippen LogP contribution in [0, 0.1) is 58.9 Å². The van der Waals surface area contributed by atoms with Crippen LogP contribution in [0.4, 0.5) is 35.1 Å². The van der Waals surface area contributed by atoms with Gasteiger partial charge in [-0.2, -0.15) is 22.0 Å². The molecule has 1 heterocycles. The SMILES string of the molecule is CCCCCCC1COC(C2CCC3CC(C(F)(F)Oc4cc(F)c5c(F)c(C#CC(F)(F)F)c(F)cc5c4)CCC3C2)OC1. The fourth-order valence-electron chi connectivity index (χ4n) is 7.27. The summed E-state index contributed by atoms with van der Waals surface area (Å²) in [5, 5.41) is -1.35. The van der Waals surface area contributed by atoms with Gasteiger partial charge in [0.1, 0.15) is 17.4 Å². The number of hydrogen-bond donors (Lipinski definition) is 0. The van der Waals surface area contributed by atoms with Crippen molar-refractivity contribution in [3.63, 3.8) is 0 Å². The summed E-state index contributed by atoms with van der Waals surface area (Å²) in [6.45, 7) is 3.57. The lowest BCUT2D eigenvalue weighted by Gasteiger charge is -2.45. The average Bonchev–Trinajstić information content (AvgIpc) is 2.98. The number of alkyl halides is 5. The van der Waals surface area contributed by atoms with Crippen LogP contribution in [-0.4, -0.2) is 31.8 Å². The monoisotopic (exact) mass is 646 g/mol. The summed E-state index contributed by atoms with van der Waals surface area (Å²) in [7, 11) is 0. The van der Waals surface area contributed by atoms with E-state index in [2.05, 4.69) is 6.92 Å². The van der Waals surface area contributed by atoms with Gasteiger partial charge in [-0.25, -0.2) is 13.2 Å². The van der Waals surface area contributed by atoms with E-state index in [-0.39, 0.29) is 36.9 Å². The predicted octanol–water partition coefficient (Wildman–Crippen LogP) is 9.93. The second kappa shape index (κ2) is 14.0. The van der Waals surface area contributed by atoms with Crippen molar-refractivity contribution in [2.24, 2.45) is 29.6 Å². The van der Waals surface area contributed by atoms with Crippen LogP contribution in [0.15, 0.2) is 18.2 Å². The van der Waals surface area contributed by atoms with Gasteiger partial charge in [0.15, 0.2) is 12.1 Å². The molecule has 0 radical (unpaired) electrons. The minimum absolute atomic E-state index is 0.0668. The van der Waals surface area contributed by atoms with E-state index >= 15 is 8.78 Å². The minimum Gasteiger partial charge on any atom is -0.432 e. The lowest BCUT2D eigenvalue weighted by atomic mass is 9.64. The highest BCUT2D eigenvalue weighted by Crippen LogP contribution is 2.50. The molecule has 248 valence electrons. The van der Waals surface area contributed by atoms with Gasteiger partial charge in [0.25, 0.3) is 0 Å². The van der Waals surface area contributed by atoms with Gasteiger partial charge in [-0.1, -0.05) is 38.5 Å². The molecule has 3 fully saturated rings. The van der Waals surface area contributed by atoms with Crippen LogP contribution in [-0.2, 0) is 9.47 Å². The van der Waals surface area contributed by atoms with Crippen LogP contribution >= 0.6 is 0 Å². The fourth-order valence-corrected chi connectivity index (χ4v) is 7.27. The smallest absolute Gasteiger partial charge is 0.432 e.